The Hall–Kier alpha value is -2.22. The van der Waals surface area contributed by atoms with Gasteiger partial charge in [0.05, 0.1) is 12.5 Å². The predicted octanol–water partition coefficient (Wildman–Crippen LogP) is 1.03. The molecule has 18 heavy (non-hydrogen) atoms. The van der Waals surface area contributed by atoms with Crippen LogP contribution in [-0.2, 0) is 11.2 Å². The molecule has 5 nitrogen and oxygen atoms in total. The smallest absolute Gasteiger partial charge is 0.242 e. The van der Waals surface area contributed by atoms with Crippen molar-refractivity contribution in [1.82, 2.24) is 5.32 Å². The van der Waals surface area contributed by atoms with Crippen LogP contribution < -0.4 is 16.4 Å². The summed E-state index contributed by atoms with van der Waals surface area (Å²) in [7, 11) is 0. The van der Waals surface area contributed by atoms with Gasteiger partial charge in [-0.3, -0.25) is 4.79 Å². The zero-order valence-corrected chi connectivity index (χ0v) is 10.1. The van der Waals surface area contributed by atoms with E-state index in [0.717, 1.165) is 30.6 Å². The number of hydrogen-bond acceptors (Lipinski definition) is 4. The minimum Gasteiger partial charge on any atom is -0.398 e. The van der Waals surface area contributed by atoms with E-state index >= 15 is 0 Å². The lowest BCUT2D eigenvalue weighted by atomic mass is 10.1. The molecule has 1 aliphatic rings. The molecule has 0 bridgehead atoms. The molecule has 0 aromatic heterocycles. The second-order valence-corrected chi connectivity index (χ2v) is 4.38. The first-order chi connectivity index (χ1) is 8.70. The van der Waals surface area contributed by atoms with Crippen LogP contribution in [0.5, 0.6) is 0 Å². The van der Waals surface area contributed by atoms with Gasteiger partial charge in [-0.1, -0.05) is 0 Å². The minimum absolute atomic E-state index is 0.0277. The molecule has 5 heteroatoms. The van der Waals surface area contributed by atoms with Gasteiger partial charge in [-0.15, -0.1) is 0 Å². The molecule has 0 aliphatic carbocycles. The van der Waals surface area contributed by atoms with Crippen molar-refractivity contribution >= 4 is 17.3 Å². The lowest BCUT2D eigenvalue weighted by Crippen LogP contribution is -2.44. The van der Waals surface area contributed by atoms with Crippen LogP contribution in [0, 0.1) is 11.3 Å². The number of amides is 1. The van der Waals surface area contributed by atoms with Crippen molar-refractivity contribution in [2.75, 3.05) is 17.6 Å². The number of nitrogens with one attached hydrogen (secondary N) is 2. The molecular weight excluding hydrogens is 228 g/mol. The molecule has 1 aromatic carbocycles. The van der Waals surface area contributed by atoms with Crippen molar-refractivity contribution in [1.29, 1.82) is 5.26 Å². The summed E-state index contributed by atoms with van der Waals surface area (Å²) < 4.78 is 0. The van der Waals surface area contributed by atoms with Gasteiger partial charge in [0.1, 0.15) is 6.04 Å². The Balaban J connectivity index is 2.11. The van der Waals surface area contributed by atoms with Crippen LogP contribution in [0.2, 0.25) is 0 Å². The Kier molecular flexibility index (Phi) is 3.68. The van der Waals surface area contributed by atoms with E-state index in [2.05, 4.69) is 16.7 Å². The van der Waals surface area contributed by atoms with Crippen LogP contribution in [0.4, 0.5) is 11.4 Å². The van der Waals surface area contributed by atoms with E-state index in [0.29, 0.717) is 5.69 Å². The maximum Gasteiger partial charge on any atom is 0.242 e. The number of carbonyl (C=O) groups excluding carboxylic acids is 1. The Morgan fingerprint density at radius 3 is 3.11 bits per heavy atom. The van der Waals surface area contributed by atoms with Crippen LogP contribution in [0.3, 0.4) is 0 Å². The summed E-state index contributed by atoms with van der Waals surface area (Å²) in [6.45, 7) is 0.748. The Labute approximate surface area is 106 Å². The third-order valence-corrected chi connectivity index (χ3v) is 3.04. The fraction of sp³-hybridized carbons (Fsp3) is 0.385. The van der Waals surface area contributed by atoms with Gasteiger partial charge in [0, 0.05) is 17.9 Å². The van der Waals surface area contributed by atoms with E-state index in [1.807, 2.05) is 12.1 Å². The summed E-state index contributed by atoms with van der Waals surface area (Å²) in [5.41, 5.74) is 8.01. The van der Waals surface area contributed by atoms with Gasteiger partial charge >= 0.3 is 0 Å². The number of nitrogens with zero attached hydrogens (tertiary/aromatic N) is 1. The highest BCUT2D eigenvalue weighted by atomic mass is 16.2. The molecule has 4 N–H and O–H groups in total. The molecule has 0 radical (unpaired) electrons. The third-order valence-electron chi connectivity index (χ3n) is 3.04. The average Bonchev–Trinajstić information content (AvgIpc) is 2.36. The summed E-state index contributed by atoms with van der Waals surface area (Å²) in [6.07, 6.45) is 2.07. The van der Waals surface area contributed by atoms with Gasteiger partial charge < -0.3 is 16.4 Å². The van der Waals surface area contributed by atoms with E-state index in [9.17, 15) is 4.79 Å². The number of nitriles is 1. The van der Waals surface area contributed by atoms with Gasteiger partial charge in [-0.05, 0) is 36.6 Å². The van der Waals surface area contributed by atoms with E-state index in [1.165, 1.54) is 0 Å². The zero-order chi connectivity index (χ0) is 13.0. The molecule has 94 valence electrons. The lowest BCUT2D eigenvalue weighted by Gasteiger charge is -2.24. The SMILES string of the molecule is N#CCc1cc(NC2CCCNC2=O)ccc1N. The number of hydrogen-bond donors (Lipinski definition) is 3. The molecule has 1 unspecified atom stereocenters. The largest absolute Gasteiger partial charge is 0.398 e. The van der Waals surface area contributed by atoms with Gasteiger partial charge in [0.15, 0.2) is 0 Å². The lowest BCUT2D eigenvalue weighted by molar-refractivity contribution is -0.123. The second-order valence-electron chi connectivity index (χ2n) is 4.38. The highest BCUT2D eigenvalue weighted by Gasteiger charge is 2.21. The molecule has 2 rings (SSSR count). The Bertz CT molecular complexity index is 492. The fourth-order valence-electron chi connectivity index (χ4n) is 2.04. The number of nitrogen functional groups attached to an aromatic ring is 1. The van der Waals surface area contributed by atoms with Crippen molar-refractivity contribution < 1.29 is 4.79 Å². The number of anilines is 2. The summed E-state index contributed by atoms with van der Waals surface area (Å²) in [5.74, 6) is 0.0277. The van der Waals surface area contributed by atoms with E-state index < -0.39 is 0 Å². The first-order valence-electron chi connectivity index (χ1n) is 6.00. The van der Waals surface area contributed by atoms with Gasteiger partial charge in [0.2, 0.25) is 5.91 Å². The number of piperidine rings is 1. The summed E-state index contributed by atoms with van der Waals surface area (Å²) in [4.78, 5) is 11.6. The number of rotatable bonds is 3. The molecule has 0 saturated carbocycles. The third kappa shape index (κ3) is 2.72. The predicted molar refractivity (Wildman–Crippen MR) is 69.8 cm³/mol. The second kappa shape index (κ2) is 5.41. The van der Waals surface area contributed by atoms with Crippen LogP contribution in [0.1, 0.15) is 18.4 Å². The fourth-order valence-corrected chi connectivity index (χ4v) is 2.04. The highest BCUT2D eigenvalue weighted by Crippen LogP contribution is 2.20. The maximum absolute atomic E-state index is 11.6. The van der Waals surface area contributed by atoms with Gasteiger partial charge in [0.25, 0.3) is 0 Å². The molecular formula is C13H16N4O. The topological polar surface area (TPSA) is 90.9 Å². The summed E-state index contributed by atoms with van der Waals surface area (Å²) in [6, 6.07) is 7.31. The Morgan fingerprint density at radius 2 is 2.39 bits per heavy atom. The number of nitrogens with two attached hydrogens (primary N) is 1. The van der Waals surface area contributed by atoms with Crippen LogP contribution in [-0.4, -0.2) is 18.5 Å². The van der Waals surface area contributed by atoms with Crippen molar-refractivity contribution in [2.24, 2.45) is 0 Å². The van der Waals surface area contributed by atoms with Crippen molar-refractivity contribution in [2.45, 2.75) is 25.3 Å². The van der Waals surface area contributed by atoms with E-state index in [1.54, 1.807) is 6.07 Å². The molecule has 1 saturated heterocycles. The molecule has 1 heterocycles. The molecule has 1 amide bonds. The Morgan fingerprint density at radius 1 is 1.56 bits per heavy atom. The van der Waals surface area contributed by atoms with Gasteiger partial charge in [-0.25, -0.2) is 0 Å². The highest BCUT2D eigenvalue weighted by molar-refractivity contribution is 5.85. The summed E-state index contributed by atoms with van der Waals surface area (Å²) in [5, 5.41) is 14.7. The molecule has 1 atom stereocenters. The number of carbonyl (C=O) groups is 1. The first kappa shape index (κ1) is 12.2. The standard InChI is InChI=1S/C13H16N4O/c14-6-5-9-8-10(3-4-11(9)15)17-12-2-1-7-16-13(12)18/h3-4,8,12,17H,1-2,5,7,15H2,(H,16,18). The maximum atomic E-state index is 11.6. The van der Waals surface area contributed by atoms with E-state index in [4.69, 9.17) is 11.0 Å². The first-order valence-corrected chi connectivity index (χ1v) is 6.00. The van der Waals surface area contributed by atoms with Crippen LogP contribution in [0.15, 0.2) is 18.2 Å². The van der Waals surface area contributed by atoms with E-state index in [-0.39, 0.29) is 18.4 Å². The quantitative estimate of drug-likeness (QED) is 0.692. The normalized spacial score (nSPS) is 18.8. The number of benzene rings is 1. The zero-order valence-electron chi connectivity index (χ0n) is 10.1. The van der Waals surface area contributed by atoms with Crippen molar-refractivity contribution in [3.63, 3.8) is 0 Å². The minimum atomic E-state index is -0.197. The monoisotopic (exact) mass is 244 g/mol. The molecule has 1 fully saturated rings. The van der Waals surface area contributed by atoms with Gasteiger partial charge in [-0.2, -0.15) is 5.26 Å². The molecule has 1 aromatic rings. The van der Waals surface area contributed by atoms with Crippen LogP contribution >= 0.6 is 0 Å². The molecule has 0 spiro atoms. The molecule has 1 aliphatic heterocycles. The van der Waals surface area contributed by atoms with Crippen molar-refractivity contribution in [3.8, 4) is 6.07 Å². The summed E-state index contributed by atoms with van der Waals surface area (Å²) >= 11 is 0. The van der Waals surface area contributed by atoms with Crippen molar-refractivity contribution in [3.05, 3.63) is 23.8 Å². The van der Waals surface area contributed by atoms with Crippen LogP contribution in [0.25, 0.3) is 0 Å². The average molecular weight is 244 g/mol.